The predicted molar refractivity (Wildman–Crippen MR) is 339 cm³/mol. The zero-order valence-electron chi connectivity index (χ0n) is 51.2. The van der Waals surface area contributed by atoms with Crippen LogP contribution in [0.5, 0.6) is 0 Å². The first-order valence-electron chi connectivity index (χ1n) is 32.9. The van der Waals surface area contributed by atoms with E-state index in [1.807, 2.05) is 0 Å². The summed E-state index contributed by atoms with van der Waals surface area (Å²) in [5, 5.41) is 0. The second kappa shape index (κ2) is 65.6. The molecule has 0 fully saturated rings. The third-order valence-corrected chi connectivity index (χ3v) is 14.0. The van der Waals surface area contributed by atoms with Crippen LogP contribution in [0.4, 0.5) is 0 Å². The molecule has 0 spiro atoms. The molecule has 0 aromatic rings. The van der Waals surface area contributed by atoms with Gasteiger partial charge in [0.2, 0.25) is 0 Å². The van der Waals surface area contributed by atoms with E-state index in [2.05, 4.69) is 130 Å². The van der Waals surface area contributed by atoms with Crippen LogP contribution in [0.25, 0.3) is 0 Å². The van der Waals surface area contributed by atoms with Gasteiger partial charge in [-0.15, -0.1) is 0 Å². The molecule has 0 N–H and O–H groups in total. The summed E-state index contributed by atoms with van der Waals surface area (Å²) >= 11 is 0. The molecule has 1 atom stereocenters. The molecule has 446 valence electrons. The van der Waals surface area contributed by atoms with Gasteiger partial charge in [-0.25, -0.2) is 0 Å². The summed E-state index contributed by atoms with van der Waals surface area (Å²) in [6.45, 7) is 6.53. The summed E-state index contributed by atoms with van der Waals surface area (Å²) in [5.41, 5.74) is 0. The lowest BCUT2D eigenvalue weighted by Gasteiger charge is -2.18. The van der Waals surface area contributed by atoms with Crippen LogP contribution in [0, 0.1) is 0 Å². The van der Waals surface area contributed by atoms with Crippen LogP contribution >= 0.6 is 0 Å². The average Bonchev–Trinajstić information content (AvgIpc) is 3.44. The summed E-state index contributed by atoms with van der Waals surface area (Å²) in [4.78, 5) is 38.3. The van der Waals surface area contributed by atoms with Crippen LogP contribution in [0.15, 0.2) is 109 Å². The minimum absolute atomic E-state index is 0.0847. The van der Waals surface area contributed by atoms with Gasteiger partial charge in [-0.2, -0.15) is 0 Å². The Bertz CT molecular complexity index is 1570. The molecule has 0 saturated carbocycles. The molecule has 0 aliphatic heterocycles. The molecule has 78 heavy (non-hydrogen) atoms. The number of carbonyl (C=O) groups excluding carboxylic acids is 3. The molecule has 1 unspecified atom stereocenters. The van der Waals surface area contributed by atoms with Gasteiger partial charge in [-0.05, 0) is 89.9 Å². The van der Waals surface area contributed by atoms with E-state index < -0.39 is 6.10 Å². The maximum Gasteiger partial charge on any atom is 0.306 e. The summed E-state index contributed by atoms with van der Waals surface area (Å²) in [7, 11) is 0. The minimum atomic E-state index is -0.790. The molecule has 6 heteroatoms. The molecule has 0 aromatic carbocycles. The topological polar surface area (TPSA) is 78.9 Å². The number of hydrogen-bond donors (Lipinski definition) is 0. The molecule has 0 amide bonds. The van der Waals surface area contributed by atoms with Crippen molar-refractivity contribution in [2.75, 3.05) is 13.2 Å². The summed E-state index contributed by atoms with van der Waals surface area (Å²) in [6.07, 6.45) is 89.5. The van der Waals surface area contributed by atoms with Gasteiger partial charge in [-0.1, -0.05) is 310 Å². The Hall–Kier alpha value is -3.93. The number of unbranched alkanes of at least 4 members (excludes halogenated alkanes) is 30. The van der Waals surface area contributed by atoms with Crippen molar-refractivity contribution in [1.82, 2.24) is 0 Å². The van der Waals surface area contributed by atoms with Crippen molar-refractivity contribution in [3.05, 3.63) is 109 Å². The highest BCUT2D eigenvalue weighted by Gasteiger charge is 2.19. The highest BCUT2D eigenvalue weighted by Crippen LogP contribution is 2.17. The van der Waals surface area contributed by atoms with E-state index in [9.17, 15) is 14.4 Å². The van der Waals surface area contributed by atoms with Crippen LogP contribution in [0.2, 0.25) is 0 Å². The second-order valence-electron chi connectivity index (χ2n) is 21.7. The Morgan fingerprint density at radius 2 is 0.500 bits per heavy atom. The summed E-state index contributed by atoms with van der Waals surface area (Å²) in [5.74, 6) is -0.907. The Morgan fingerprint density at radius 1 is 0.269 bits per heavy atom. The van der Waals surface area contributed by atoms with Gasteiger partial charge in [0.15, 0.2) is 6.10 Å². The SMILES string of the molecule is CC/C=C\C/C=C\C/C=C\C/C=C\C/C=C\C/C=C\C/C=C\C/C=C\C/C=C\CCCCCC(=O)OCC(COC(=O)CCCCCCCCCCCCCCCC)OC(=O)CCCCCCCCCCCCCCCCC. The maximum absolute atomic E-state index is 12.9. The van der Waals surface area contributed by atoms with Crippen molar-refractivity contribution in [2.24, 2.45) is 0 Å². The van der Waals surface area contributed by atoms with E-state index in [-0.39, 0.29) is 31.1 Å². The Kier molecular flexibility index (Phi) is 62.3. The lowest BCUT2D eigenvalue weighted by atomic mass is 10.0. The number of hydrogen-bond acceptors (Lipinski definition) is 6. The number of allylic oxidation sites excluding steroid dienone is 18. The van der Waals surface area contributed by atoms with Crippen LogP contribution in [0.3, 0.4) is 0 Å². The molecule has 0 heterocycles. The fraction of sp³-hybridized carbons (Fsp3) is 0.708. The molecule has 0 saturated heterocycles. The number of esters is 3. The lowest BCUT2D eigenvalue weighted by Crippen LogP contribution is -2.30. The Morgan fingerprint density at radius 3 is 0.782 bits per heavy atom. The van der Waals surface area contributed by atoms with Crippen molar-refractivity contribution in [3.63, 3.8) is 0 Å². The molecule has 0 rings (SSSR count). The van der Waals surface area contributed by atoms with Crippen molar-refractivity contribution < 1.29 is 28.6 Å². The van der Waals surface area contributed by atoms with Gasteiger partial charge in [-0.3, -0.25) is 14.4 Å². The fourth-order valence-corrected chi connectivity index (χ4v) is 9.14. The van der Waals surface area contributed by atoms with Gasteiger partial charge >= 0.3 is 17.9 Å². The van der Waals surface area contributed by atoms with E-state index in [1.54, 1.807) is 0 Å². The fourth-order valence-electron chi connectivity index (χ4n) is 9.14. The highest BCUT2D eigenvalue weighted by atomic mass is 16.6. The zero-order valence-corrected chi connectivity index (χ0v) is 51.2. The van der Waals surface area contributed by atoms with E-state index in [1.165, 1.54) is 148 Å². The smallest absolute Gasteiger partial charge is 0.306 e. The first kappa shape index (κ1) is 74.1. The number of carbonyl (C=O) groups is 3. The molecule has 0 aliphatic rings. The van der Waals surface area contributed by atoms with Crippen molar-refractivity contribution in [1.29, 1.82) is 0 Å². The molecule has 0 radical (unpaired) electrons. The largest absolute Gasteiger partial charge is 0.462 e. The van der Waals surface area contributed by atoms with Gasteiger partial charge in [0, 0.05) is 19.3 Å². The third kappa shape index (κ3) is 62.9. The summed E-state index contributed by atoms with van der Waals surface area (Å²) < 4.78 is 16.9. The molecule has 0 aliphatic carbocycles. The summed E-state index contributed by atoms with van der Waals surface area (Å²) in [6, 6.07) is 0. The highest BCUT2D eigenvalue weighted by molar-refractivity contribution is 5.71. The molecular weight excluding hydrogens is 961 g/mol. The van der Waals surface area contributed by atoms with E-state index in [4.69, 9.17) is 14.2 Å². The monoisotopic (exact) mass is 1080 g/mol. The number of rotatable bonds is 59. The zero-order chi connectivity index (χ0) is 56.4. The first-order chi connectivity index (χ1) is 38.5. The Labute approximate surface area is 482 Å². The molecule has 6 nitrogen and oxygen atoms in total. The van der Waals surface area contributed by atoms with Gasteiger partial charge in [0.05, 0.1) is 0 Å². The predicted octanol–water partition coefficient (Wildman–Crippen LogP) is 22.6. The van der Waals surface area contributed by atoms with E-state index in [0.29, 0.717) is 19.3 Å². The standard InChI is InChI=1S/C72H122O6/c1-4-7-10-13-16-19-22-25-28-29-30-31-32-33-34-35-36-37-38-39-40-41-42-43-45-47-50-53-56-59-62-65-71(74)77-68-69(67-76-70(73)64-61-58-55-52-49-46-27-24-21-18-15-12-9-6-3)78-72(75)66-63-60-57-54-51-48-44-26-23-20-17-14-11-8-5-2/h7,10,16,19,25,28,30-31,33-34,36-37,39-40,42-43,47,50,69H,4-6,8-9,11-15,17-18,20-24,26-27,29,32,35,38,41,44-46,48-49,51-68H2,1-3H3/b10-7-,19-16-,28-25-,31-30-,34-33-,37-36-,40-39-,43-42-,50-47-. The van der Waals surface area contributed by atoms with Crippen LogP contribution in [-0.4, -0.2) is 37.2 Å². The van der Waals surface area contributed by atoms with Crippen LogP contribution in [-0.2, 0) is 28.6 Å². The molecular formula is C72H122O6. The van der Waals surface area contributed by atoms with Crippen LogP contribution < -0.4 is 0 Å². The van der Waals surface area contributed by atoms with Crippen LogP contribution in [0.1, 0.15) is 310 Å². The van der Waals surface area contributed by atoms with E-state index in [0.717, 1.165) is 122 Å². The van der Waals surface area contributed by atoms with Crippen molar-refractivity contribution in [3.8, 4) is 0 Å². The first-order valence-corrected chi connectivity index (χ1v) is 32.9. The second-order valence-corrected chi connectivity index (χ2v) is 21.7. The van der Waals surface area contributed by atoms with Gasteiger partial charge < -0.3 is 14.2 Å². The van der Waals surface area contributed by atoms with E-state index >= 15 is 0 Å². The minimum Gasteiger partial charge on any atom is -0.462 e. The van der Waals surface area contributed by atoms with Crippen molar-refractivity contribution >= 4 is 17.9 Å². The van der Waals surface area contributed by atoms with Gasteiger partial charge in [0.1, 0.15) is 13.2 Å². The lowest BCUT2D eigenvalue weighted by molar-refractivity contribution is -0.167. The van der Waals surface area contributed by atoms with Crippen molar-refractivity contribution in [2.45, 2.75) is 316 Å². The Balaban J connectivity index is 4.35. The molecule has 0 bridgehead atoms. The quantitative estimate of drug-likeness (QED) is 0.0261. The maximum atomic E-state index is 12.9. The average molecular weight is 1080 g/mol. The normalized spacial score (nSPS) is 12.8. The van der Waals surface area contributed by atoms with Gasteiger partial charge in [0.25, 0.3) is 0 Å². The number of ether oxygens (including phenoxy) is 3. The third-order valence-electron chi connectivity index (χ3n) is 14.0. The molecule has 0 aromatic heterocycles.